The lowest BCUT2D eigenvalue weighted by atomic mass is 10.2. The summed E-state index contributed by atoms with van der Waals surface area (Å²) in [5.41, 5.74) is 0.554. The van der Waals surface area contributed by atoms with E-state index in [1.54, 1.807) is 11.8 Å². The molecule has 0 radical (unpaired) electrons. The first-order chi connectivity index (χ1) is 10.0. The Hall–Kier alpha value is -1.33. The van der Waals surface area contributed by atoms with Gasteiger partial charge in [0, 0.05) is 11.7 Å². The fourth-order valence-corrected chi connectivity index (χ4v) is 3.10. The third kappa shape index (κ3) is 3.86. The molecule has 0 saturated heterocycles. The van der Waals surface area contributed by atoms with Gasteiger partial charge < -0.3 is 9.67 Å². The summed E-state index contributed by atoms with van der Waals surface area (Å²) in [4.78, 5) is 0. The zero-order valence-corrected chi connectivity index (χ0v) is 13.3. The SMILES string of the molecule is CC(C)(O)CSc1nnc(C2CC2)n1Cc1ccccc1. The summed E-state index contributed by atoms with van der Waals surface area (Å²) < 4.78 is 2.21. The molecule has 2 aromatic rings. The molecule has 1 aliphatic rings. The van der Waals surface area contributed by atoms with Crippen LogP contribution in [0.3, 0.4) is 0 Å². The van der Waals surface area contributed by atoms with Crippen LogP contribution in [0.2, 0.25) is 0 Å². The fraction of sp³-hybridized carbons (Fsp3) is 0.500. The van der Waals surface area contributed by atoms with Gasteiger partial charge in [-0.05, 0) is 32.3 Å². The lowest BCUT2D eigenvalue weighted by Gasteiger charge is -2.16. The van der Waals surface area contributed by atoms with Crippen molar-refractivity contribution in [2.45, 2.75) is 49.9 Å². The quantitative estimate of drug-likeness (QED) is 0.833. The first kappa shape index (κ1) is 14.6. The fourth-order valence-electron chi connectivity index (χ4n) is 2.21. The van der Waals surface area contributed by atoms with Crippen LogP contribution in [-0.2, 0) is 6.54 Å². The van der Waals surface area contributed by atoms with Crippen LogP contribution >= 0.6 is 11.8 Å². The Bertz CT molecular complexity index is 600. The van der Waals surface area contributed by atoms with Crippen LogP contribution in [0.1, 0.15) is 44.0 Å². The van der Waals surface area contributed by atoms with Crippen molar-refractivity contribution in [2.24, 2.45) is 0 Å². The summed E-state index contributed by atoms with van der Waals surface area (Å²) in [6, 6.07) is 10.4. The number of aromatic nitrogens is 3. The molecular weight excluding hydrogens is 282 g/mol. The van der Waals surface area contributed by atoms with E-state index in [0.717, 1.165) is 17.5 Å². The summed E-state index contributed by atoms with van der Waals surface area (Å²) in [6.45, 7) is 4.44. The lowest BCUT2D eigenvalue weighted by Crippen LogP contribution is -2.22. The molecule has 0 spiro atoms. The topological polar surface area (TPSA) is 50.9 Å². The Kier molecular flexibility index (Phi) is 4.04. The molecular formula is C16H21N3OS. The van der Waals surface area contributed by atoms with Gasteiger partial charge in [0.25, 0.3) is 0 Å². The average Bonchev–Trinajstić information content (AvgIpc) is 3.20. The number of nitrogens with zero attached hydrogens (tertiary/aromatic N) is 3. The maximum absolute atomic E-state index is 9.91. The summed E-state index contributed by atoms with van der Waals surface area (Å²) in [6.07, 6.45) is 2.42. The summed E-state index contributed by atoms with van der Waals surface area (Å²) in [5, 5.41) is 19.5. The Morgan fingerprint density at radius 2 is 1.95 bits per heavy atom. The van der Waals surface area contributed by atoms with Crippen LogP contribution in [0.15, 0.2) is 35.5 Å². The van der Waals surface area contributed by atoms with Crippen LogP contribution < -0.4 is 0 Å². The van der Waals surface area contributed by atoms with Gasteiger partial charge in [0.1, 0.15) is 5.82 Å². The van der Waals surface area contributed by atoms with Gasteiger partial charge >= 0.3 is 0 Å². The zero-order valence-electron chi connectivity index (χ0n) is 12.5. The Morgan fingerprint density at radius 1 is 1.24 bits per heavy atom. The minimum Gasteiger partial charge on any atom is -0.390 e. The summed E-state index contributed by atoms with van der Waals surface area (Å²) in [7, 11) is 0. The van der Waals surface area contributed by atoms with Crippen molar-refractivity contribution in [2.75, 3.05) is 5.75 Å². The minimum atomic E-state index is -0.700. The average molecular weight is 303 g/mol. The predicted octanol–water partition coefficient (Wildman–Crippen LogP) is 3.07. The highest BCUT2D eigenvalue weighted by Gasteiger charge is 2.30. The van der Waals surface area contributed by atoms with E-state index in [1.165, 1.54) is 18.4 Å². The van der Waals surface area contributed by atoms with Gasteiger partial charge in [-0.2, -0.15) is 0 Å². The molecule has 1 heterocycles. The van der Waals surface area contributed by atoms with Crippen LogP contribution in [0.25, 0.3) is 0 Å². The molecule has 1 fully saturated rings. The van der Waals surface area contributed by atoms with Gasteiger partial charge in [0.2, 0.25) is 0 Å². The van der Waals surface area contributed by atoms with Crippen LogP contribution in [0.4, 0.5) is 0 Å². The second-order valence-corrected chi connectivity index (χ2v) is 7.23. The second kappa shape index (κ2) is 5.81. The Labute approximate surface area is 129 Å². The van der Waals surface area contributed by atoms with E-state index in [9.17, 15) is 5.11 Å². The molecule has 5 heteroatoms. The Balaban J connectivity index is 1.83. The van der Waals surface area contributed by atoms with E-state index in [2.05, 4.69) is 39.0 Å². The molecule has 0 unspecified atom stereocenters. The van der Waals surface area contributed by atoms with Crippen molar-refractivity contribution in [3.05, 3.63) is 41.7 Å². The van der Waals surface area contributed by atoms with Crippen molar-refractivity contribution in [1.29, 1.82) is 0 Å². The molecule has 0 atom stereocenters. The zero-order chi connectivity index (χ0) is 14.9. The van der Waals surface area contributed by atoms with Crippen molar-refractivity contribution in [3.8, 4) is 0 Å². The minimum absolute atomic E-state index is 0.567. The van der Waals surface area contributed by atoms with Gasteiger partial charge in [-0.1, -0.05) is 42.1 Å². The van der Waals surface area contributed by atoms with Crippen molar-refractivity contribution < 1.29 is 5.11 Å². The molecule has 0 aliphatic heterocycles. The summed E-state index contributed by atoms with van der Waals surface area (Å²) in [5.74, 6) is 2.28. The number of hydrogen-bond donors (Lipinski definition) is 1. The molecule has 3 rings (SSSR count). The largest absolute Gasteiger partial charge is 0.390 e. The molecule has 1 saturated carbocycles. The van der Waals surface area contributed by atoms with Crippen molar-refractivity contribution in [1.82, 2.24) is 14.8 Å². The number of rotatable bonds is 6. The first-order valence-electron chi connectivity index (χ1n) is 7.35. The highest BCUT2D eigenvalue weighted by Crippen LogP contribution is 2.40. The molecule has 4 nitrogen and oxygen atoms in total. The maximum atomic E-state index is 9.91. The van der Waals surface area contributed by atoms with E-state index in [-0.39, 0.29) is 0 Å². The van der Waals surface area contributed by atoms with E-state index < -0.39 is 5.60 Å². The van der Waals surface area contributed by atoms with E-state index >= 15 is 0 Å². The van der Waals surface area contributed by atoms with Gasteiger partial charge in [-0.25, -0.2) is 0 Å². The highest BCUT2D eigenvalue weighted by atomic mass is 32.2. The molecule has 1 aliphatic carbocycles. The van der Waals surface area contributed by atoms with Crippen LogP contribution in [0, 0.1) is 0 Å². The van der Waals surface area contributed by atoms with Crippen molar-refractivity contribution in [3.63, 3.8) is 0 Å². The van der Waals surface area contributed by atoms with E-state index in [1.807, 2.05) is 19.9 Å². The van der Waals surface area contributed by atoms with E-state index in [0.29, 0.717) is 11.7 Å². The van der Waals surface area contributed by atoms with Crippen molar-refractivity contribution >= 4 is 11.8 Å². The normalized spacial score (nSPS) is 15.4. The molecule has 21 heavy (non-hydrogen) atoms. The molecule has 1 aromatic carbocycles. The van der Waals surface area contributed by atoms with Crippen LogP contribution in [0.5, 0.6) is 0 Å². The maximum Gasteiger partial charge on any atom is 0.191 e. The monoisotopic (exact) mass is 303 g/mol. The molecule has 1 N–H and O–H groups in total. The molecule has 1 aromatic heterocycles. The number of benzene rings is 1. The third-order valence-electron chi connectivity index (χ3n) is 3.43. The second-order valence-electron chi connectivity index (χ2n) is 6.29. The number of hydrogen-bond acceptors (Lipinski definition) is 4. The third-order valence-corrected chi connectivity index (χ3v) is 4.84. The molecule has 0 bridgehead atoms. The Morgan fingerprint density at radius 3 is 2.57 bits per heavy atom. The predicted molar refractivity (Wildman–Crippen MR) is 84.6 cm³/mol. The summed E-state index contributed by atoms with van der Waals surface area (Å²) >= 11 is 1.58. The standard InChI is InChI=1S/C16H21N3OS/c1-16(2,20)11-21-15-18-17-14(13-8-9-13)19(15)10-12-6-4-3-5-7-12/h3-7,13,20H,8-11H2,1-2H3. The smallest absolute Gasteiger partial charge is 0.191 e. The molecule has 0 amide bonds. The highest BCUT2D eigenvalue weighted by molar-refractivity contribution is 7.99. The van der Waals surface area contributed by atoms with Gasteiger partial charge in [-0.15, -0.1) is 10.2 Å². The van der Waals surface area contributed by atoms with Gasteiger partial charge in [-0.3, -0.25) is 0 Å². The molecule has 112 valence electrons. The first-order valence-corrected chi connectivity index (χ1v) is 8.34. The number of thioether (sulfide) groups is 1. The number of aliphatic hydroxyl groups is 1. The van der Waals surface area contributed by atoms with Gasteiger partial charge in [0.05, 0.1) is 12.1 Å². The van der Waals surface area contributed by atoms with E-state index in [4.69, 9.17) is 0 Å². The van der Waals surface area contributed by atoms with Crippen LogP contribution in [-0.4, -0.2) is 31.2 Å². The lowest BCUT2D eigenvalue weighted by molar-refractivity contribution is 0.107. The van der Waals surface area contributed by atoms with Gasteiger partial charge in [0.15, 0.2) is 5.16 Å².